The Morgan fingerprint density at radius 1 is 1.14 bits per heavy atom. The zero-order chi connectivity index (χ0) is 24.7. The number of thiazole rings is 1. The van der Waals surface area contributed by atoms with Crippen LogP contribution >= 0.6 is 22.7 Å². The van der Waals surface area contributed by atoms with E-state index in [0.717, 1.165) is 34.7 Å². The minimum atomic E-state index is -3.67. The number of benzene rings is 1. The molecule has 0 bridgehead atoms. The van der Waals surface area contributed by atoms with Crippen molar-refractivity contribution in [1.82, 2.24) is 14.9 Å². The van der Waals surface area contributed by atoms with Crippen molar-refractivity contribution in [3.05, 3.63) is 52.9 Å². The maximum absolute atomic E-state index is 13.5. The Balaban J connectivity index is 1.48. The van der Waals surface area contributed by atoms with E-state index in [9.17, 15) is 8.42 Å². The fourth-order valence-electron chi connectivity index (χ4n) is 4.59. The maximum atomic E-state index is 13.5. The van der Waals surface area contributed by atoms with Gasteiger partial charge in [-0.1, -0.05) is 32.0 Å². The van der Waals surface area contributed by atoms with E-state index in [1.807, 2.05) is 38.2 Å². The number of para-hydroxylation sites is 1. The first-order chi connectivity index (χ1) is 16.7. The molecule has 6 nitrogen and oxygen atoms in total. The molecule has 1 aliphatic rings. The van der Waals surface area contributed by atoms with Crippen molar-refractivity contribution in [2.24, 2.45) is 5.92 Å². The number of nitrogens with zero attached hydrogens (tertiary/aromatic N) is 3. The molecule has 0 atom stereocenters. The molecule has 3 heterocycles. The van der Waals surface area contributed by atoms with Crippen molar-refractivity contribution in [2.75, 3.05) is 10.8 Å². The first-order valence-electron chi connectivity index (χ1n) is 12.1. The number of H-pyrrole nitrogens is 1. The summed E-state index contributed by atoms with van der Waals surface area (Å²) in [5.41, 5.74) is 2.39. The largest absolute Gasteiger partial charge is 0.351 e. The van der Waals surface area contributed by atoms with Gasteiger partial charge in [-0.25, -0.2) is 13.4 Å². The highest BCUT2D eigenvalue weighted by Gasteiger charge is 2.31. The van der Waals surface area contributed by atoms with E-state index in [2.05, 4.69) is 29.8 Å². The van der Waals surface area contributed by atoms with Crippen LogP contribution < -0.4 is 4.31 Å². The summed E-state index contributed by atoms with van der Waals surface area (Å²) in [6, 6.07) is 11.8. The minimum absolute atomic E-state index is 0.236. The molecule has 1 saturated carbocycles. The summed E-state index contributed by atoms with van der Waals surface area (Å²) in [5, 5.41) is 3.70. The van der Waals surface area contributed by atoms with Gasteiger partial charge in [0.1, 0.15) is 9.22 Å². The first-order valence-corrected chi connectivity index (χ1v) is 15.3. The van der Waals surface area contributed by atoms with Gasteiger partial charge in [-0.2, -0.15) is 0 Å². The molecule has 0 aliphatic heterocycles. The molecule has 1 N–H and O–H groups in total. The van der Waals surface area contributed by atoms with E-state index < -0.39 is 10.0 Å². The Hall–Kier alpha value is -2.20. The molecule has 3 aromatic heterocycles. The number of hydrogen-bond donors (Lipinski definition) is 1. The third kappa shape index (κ3) is 5.05. The summed E-state index contributed by atoms with van der Waals surface area (Å²) >= 11 is 2.95. The Morgan fingerprint density at radius 3 is 2.60 bits per heavy atom. The van der Waals surface area contributed by atoms with Crippen LogP contribution in [0.2, 0.25) is 0 Å². The number of rotatable bonds is 10. The van der Waals surface area contributed by atoms with E-state index in [1.54, 1.807) is 28.8 Å². The van der Waals surface area contributed by atoms with Gasteiger partial charge in [0, 0.05) is 41.6 Å². The fraction of sp³-hybridized carbons (Fsp3) is 0.423. The normalized spacial score (nSPS) is 14.6. The molecule has 0 spiro atoms. The van der Waals surface area contributed by atoms with E-state index in [-0.39, 0.29) is 6.04 Å². The number of aromatic nitrogens is 2. The third-order valence-corrected chi connectivity index (χ3v) is 10.5. The fourth-order valence-corrected chi connectivity index (χ4v) is 8.25. The molecule has 0 amide bonds. The first kappa shape index (κ1) is 24.5. The predicted molar refractivity (Wildman–Crippen MR) is 147 cm³/mol. The standard InChI is InChI=1S/C26H32N4O2S3/c1-17(2)15-29(20-10-11-20)16-21-14-27-26(34-21)22-13-19-7-5-8-23(25(19)28-22)30(18(3)4)35(31,32)24-9-6-12-33-24/h5-9,12-14,17-18,20,28H,10-11,15-16H2,1-4H3. The Morgan fingerprint density at radius 2 is 1.94 bits per heavy atom. The highest BCUT2D eigenvalue weighted by Crippen LogP contribution is 2.37. The van der Waals surface area contributed by atoms with E-state index >= 15 is 0 Å². The second-order valence-corrected chi connectivity index (χ2v) is 14.0. The van der Waals surface area contributed by atoms with Gasteiger partial charge in [0.15, 0.2) is 0 Å². The lowest BCUT2D eigenvalue weighted by Crippen LogP contribution is -2.36. The zero-order valence-electron chi connectivity index (χ0n) is 20.6. The van der Waals surface area contributed by atoms with Gasteiger partial charge < -0.3 is 4.98 Å². The second kappa shape index (κ2) is 9.69. The quantitative estimate of drug-likeness (QED) is 0.252. The summed E-state index contributed by atoms with van der Waals surface area (Å²) in [7, 11) is -3.67. The molecular formula is C26H32N4O2S3. The van der Waals surface area contributed by atoms with E-state index in [1.165, 1.54) is 33.4 Å². The monoisotopic (exact) mass is 528 g/mol. The van der Waals surface area contributed by atoms with Crippen LogP contribution in [-0.2, 0) is 16.6 Å². The topological polar surface area (TPSA) is 69.3 Å². The summed E-state index contributed by atoms with van der Waals surface area (Å²) in [4.78, 5) is 12.1. The van der Waals surface area contributed by atoms with Crippen LogP contribution in [0.15, 0.2) is 52.2 Å². The predicted octanol–water partition coefficient (Wildman–Crippen LogP) is 6.58. The average molecular weight is 529 g/mol. The molecule has 0 saturated heterocycles. The lowest BCUT2D eigenvalue weighted by molar-refractivity contribution is 0.228. The summed E-state index contributed by atoms with van der Waals surface area (Å²) < 4.78 is 28.9. The number of sulfonamides is 1. The van der Waals surface area contributed by atoms with Gasteiger partial charge in [-0.15, -0.1) is 22.7 Å². The van der Waals surface area contributed by atoms with Crippen molar-refractivity contribution < 1.29 is 8.42 Å². The molecule has 1 aliphatic carbocycles. The molecule has 1 fully saturated rings. The molecular weight excluding hydrogens is 497 g/mol. The Bertz CT molecular complexity index is 1400. The molecule has 4 aromatic rings. The Kier molecular flexibility index (Phi) is 6.78. The Labute approximate surface area is 215 Å². The number of nitrogens with one attached hydrogen (secondary N) is 1. The highest BCUT2D eigenvalue weighted by molar-refractivity contribution is 7.94. The number of hydrogen-bond acceptors (Lipinski definition) is 6. The van der Waals surface area contributed by atoms with Crippen LogP contribution in [-0.4, -0.2) is 41.9 Å². The van der Waals surface area contributed by atoms with E-state index in [0.29, 0.717) is 21.9 Å². The van der Waals surface area contributed by atoms with Crippen LogP contribution in [0.5, 0.6) is 0 Å². The van der Waals surface area contributed by atoms with Crippen molar-refractivity contribution in [3.8, 4) is 10.7 Å². The van der Waals surface area contributed by atoms with Crippen molar-refractivity contribution >= 4 is 49.3 Å². The highest BCUT2D eigenvalue weighted by atomic mass is 32.2. The van der Waals surface area contributed by atoms with Gasteiger partial charge in [-0.3, -0.25) is 9.21 Å². The van der Waals surface area contributed by atoms with Gasteiger partial charge in [0.25, 0.3) is 10.0 Å². The number of thiophene rings is 1. The van der Waals surface area contributed by atoms with Crippen molar-refractivity contribution in [2.45, 2.75) is 63.4 Å². The lowest BCUT2D eigenvalue weighted by atomic mass is 10.2. The number of fused-ring (bicyclic) bond motifs is 1. The zero-order valence-corrected chi connectivity index (χ0v) is 23.0. The minimum Gasteiger partial charge on any atom is -0.351 e. The van der Waals surface area contributed by atoms with Crippen LogP contribution in [0.1, 0.15) is 45.4 Å². The molecule has 5 rings (SSSR count). The molecule has 186 valence electrons. The summed E-state index contributed by atoms with van der Waals surface area (Å²) in [6.45, 7) is 10.4. The second-order valence-electron chi connectivity index (χ2n) is 9.94. The summed E-state index contributed by atoms with van der Waals surface area (Å²) in [6.07, 6.45) is 4.58. The van der Waals surface area contributed by atoms with Crippen molar-refractivity contribution in [1.29, 1.82) is 0 Å². The summed E-state index contributed by atoms with van der Waals surface area (Å²) in [5.74, 6) is 0.643. The van der Waals surface area contributed by atoms with Gasteiger partial charge >= 0.3 is 0 Å². The molecule has 0 radical (unpaired) electrons. The van der Waals surface area contributed by atoms with Gasteiger partial charge in [0.05, 0.1) is 16.9 Å². The van der Waals surface area contributed by atoms with Gasteiger partial charge in [0.2, 0.25) is 0 Å². The maximum Gasteiger partial charge on any atom is 0.274 e. The number of anilines is 1. The van der Waals surface area contributed by atoms with Crippen molar-refractivity contribution in [3.63, 3.8) is 0 Å². The smallest absolute Gasteiger partial charge is 0.274 e. The van der Waals surface area contributed by atoms with E-state index in [4.69, 9.17) is 4.98 Å². The third-order valence-electron chi connectivity index (χ3n) is 6.15. The van der Waals surface area contributed by atoms with Crippen LogP contribution in [0.3, 0.4) is 0 Å². The van der Waals surface area contributed by atoms with Crippen LogP contribution in [0, 0.1) is 5.92 Å². The number of aromatic amines is 1. The molecule has 0 unspecified atom stereocenters. The molecule has 9 heteroatoms. The molecule has 1 aromatic carbocycles. The van der Waals surface area contributed by atoms with Crippen LogP contribution in [0.4, 0.5) is 5.69 Å². The SMILES string of the molecule is CC(C)CN(Cc1cnc(-c2cc3cccc(N(C(C)C)S(=O)(=O)c4cccs4)c3[nH]2)s1)C1CC1. The average Bonchev–Trinajstić information content (AvgIpc) is 3.19. The van der Waals surface area contributed by atoms with Crippen LogP contribution in [0.25, 0.3) is 21.6 Å². The molecule has 35 heavy (non-hydrogen) atoms. The van der Waals surface area contributed by atoms with Gasteiger partial charge in [-0.05, 0) is 56.2 Å². The lowest BCUT2D eigenvalue weighted by Gasteiger charge is -2.28.